The average Bonchev–Trinajstić information content (AvgIpc) is 3.09. The van der Waals surface area contributed by atoms with Crippen molar-refractivity contribution in [3.05, 3.63) is 76.5 Å². The summed E-state index contributed by atoms with van der Waals surface area (Å²) < 4.78 is 7.54. The molecule has 0 saturated carbocycles. The Labute approximate surface area is 167 Å². The Balaban J connectivity index is 1.98. The molecule has 0 unspecified atom stereocenters. The smallest absolute Gasteiger partial charge is 0.137 e. The summed E-state index contributed by atoms with van der Waals surface area (Å²) in [5.41, 5.74) is 11.5. The summed E-state index contributed by atoms with van der Waals surface area (Å²) in [6.07, 6.45) is 3.85. The van der Waals surface area contributed by atoms with E-state index in [0.717, 1.165) is 39.3 Å². The predicted octanol–water partition coefficient (Wildman–Crippen LogP) is 5.44. The van der Waals surface area contributed by atoms with Gasteiger partial charge in [0.25, 0.3) is 0 Å². The van der Waals surface area contributed by atoms with Crippen molar-refractivity contribution in [2.75, 3.05) is 7.11 Å². The molecule has 0 saturated heterocycles. The molecule has 4 nitrogen and oxygen atoms in total. The van der Waals surface area contributed by atoms with Gasteiger partial charge in [-0.3, -0.25) is 4.40 Å². The Hall–Kier alpha value is -2.53. The number of nitrogens with zero attached hydrogens (tertiary/aromatic N) is 2. The molecular formula is C21H17Cl2N3O. The lowest BCUT2D eigenvalue weighted by molar-refractivity contribution is 0.416. The van der Waals surface area contributed by atoms with Crippen LogP contribution < -0.4 is 10.5 Å². The zero-order valence-corrected chi connectivity index (χ0v) is 16.1. The Bertz CT molecular complexity index is 1140. The largest absolute Gasteiger partial charge is 0.496 e. The van der Waals surface area contributed by atoms with Crippen LogP contribution in [0.4, 0.5) is 0 Å². The van der Waals surface area contributed by atoms with Crippen molar-refractivity contribution < 1.29 is 4.74 Å². The summed E-state index contributed by atoms with van der Waals surface area (Å²) in [6.45, 7) is 0.377. The molecule has 0 radical (unpaired) electrons. The number of halogens is 2. The van der Waals surface area contributed by atoms with Crippen LogP contribution in [0.2, 0.25) is 10.0 Å². The molecule has 136 valence electrons. The summed E-state index contributed by atoms with van der Waals surface area (Å²) >= 11 is 12.5. The van der Waals surface area contributed by atoms with Gasteiger partial charge in [0.1, 0.15) is 11.4 Å². The van der Waals surface area contributed by atoms with Crippen LogP contribution in [0.15, 0.2) is 60.9 Å². The highest BCUT2D eigenvalue weighted by molar-refractivity contribution is 6.36. The normalized spacial score (nSPS) is 11.1. The minimum Gasteiger partial charge on any atom is -0.496 e. The Morgan fingerprint density at radius 1 is 1.04 bits per heavy atom. The van der Waals surface area contributed by atoms with Crippen LogP contribution in [0.1, 0.15) is 5.56 Å². The van der Waals surface area contributed by atoms with E-state index in [9.17, 15) is 0 Å². The molecule has 0 spiro atoms. The van der Waals surface area contributed by atoms with Gasteiger partial charge in [-0.2, -0.15) is 0 Å². The maximum absolute atomic E-state index is 6.45. The minimum absolute atomic E-state index is 0.377. The summed E-state index contributed by atoms with van der Waals surface area (Å²) in [7, 11) is 1.66. The highest BCUT2D eigenvalue weighted by atomic mass is 35.5. The molecule has 0 atom stereocenters. The number of benzene rings is 2. The van der Waals surface area contributed by atoms with E-state index in [1.807, 2.05) is 59.3 Å². The van der Waals surface area contributed by atoms with Crippen LogP contribution in [-0.4, -0.2) is 16.5 Å². The maximum Gasteiger partial charge on any atom is 0.137 e. The Morgan fingerprint density at radius 3 is 2.59 bits per heavy atom. The molecule has 0 amide bonds. The number of nitrogens with two attached hydrogens (primary N) is 1. The van der Waals surface area contributed by atoms with Gasteiger partial charge in [0.05, 0.1) is 19.0 Å². The standard InChI is InChI=1S/C21H17Cl2N3O/c1-27-20-5-3-2-4-16(20)19-11-25-21-8-13(10-24)17(12-26(19)21)15-7-6-14(22)9-18(15)23/h2-9,11-12H,10,24H2,1H3. The van der Waals surface area contributed by atoms with Crippen molar-refractivity contribution in [1.29, 1.82) is 0 Å². The summed E-state index contributed by atoms with van der Waals surface area (Å²) in [5.74, 6) is 0.785. The van der Waals surface area contributed by atoms with Crippen LogP contribution in [0.5, 0.6) is 5.75 Å². The molecule has 0 aliphatic carbocycles. The molecule has 2 N–H and O–H groups in total. The second-order valence-electron chi connectivity index (χ2n) is 6.11. The van der Waals surface area contributed by atoms with Gasteiger partial charge in [0.2, 0.25) is 0 Å². The number of para-hydroxylation sites is 1. The van der Waals surface area contributed by atoms with Gasteiger partial charge in [-0.1, -0.05) is 41.4 Å². The topological polar surface area (TPSA) is 52.5 Å². The van der Waals surface area contributed by atoms with Crippen LogP contribution >= 0.6 is 23.2 Å². The number of methoxy groups -OCH3 is 1. The second kappa shape index (κ2) is 7.24. The van der Waals surface area contributed by atoms with Gasteiger partial charge in [-0.25, -0.2) is 4.98 Å². The van der Waals surface area contributed by atoms with Crippen LogP contribution in [0.3, 0.4) is 0 Å². The number of ether oxygens (including phenoxy) is 1. The van der Waals surface area contributed by atoms with E-state index in [2.05, 4.69) is 4.98 Å². The lowest BCUT2D eigenvalue weighted by Gasteiger charge is -2.13. The third-order valence-corrected chi connectivity index (χ3v) is 5.10. The number of hydrogen-bond donors (Lipinski definition) is 1. The van der Waals surface area contributed by atoms with Gasteiger partial charge in [-0.15, -0.1) is 0 Å². The van der Waals surface area contributed by atoms with E-state index < -0.39 is 0 Å². The van der Waals surface area contributed by atoms with E-state index >= 15 is 0 Å². The molecule has 6 heteroatoms. The van der Waals surface area contributed by atoms with Gasteiger partial charge in [-0.05, 0) is 35.9 Å². The van der Waals surface area contributed by atoms with E-state index in [4.69, 9.17) is 33.7 Å². The Kier molecular flexibility index (Phi) is 4.79. The van der Waals surface area contributed by atoms with E-state index in [0.29, 0.717) is 16.6 Å². The number of aromatic nitrogens is 2. The average molecular weight is 398 g/mol. The minimum atomic E-state index is 0.377. The van der Waals surface area contributed by atoms with Crippen molar-refractivity contribution in [2.24, 2.45) is 5.73 Å². The molecule has 4 rings (SSSR count). The van der Waals surface area contributed by atoms with Gasteiger partial charge in [0, 0.05) is 39.5 Å². The molecule has 0 aliphatic rings. The zero-order valence-electron chi connectivity index (χ0n) is 14.6. The van der Waals surface area contributed by atoms with Crippen molar-refractivity contribution in [1.82, 2.24) is 9.38 Å². The molecule has 27 heavy (non-hydrogen) atoms. The third-order valence-electron chi connectivity index (χ3n) is 4.56. The number of pyridine rings is 1. The van der Waals surface area contributed by atoms with E-state index in [-0.39, 0.29) is 0 Å². The fourth-order valence-corrected chi connectivity index (χ4v) is 3.75. The first-order valence-corrected chi connectivity index (χ1v) is 9.17. The fourth-order valence-electron chi connectivity index (χ4n) is 3.24. The van der Waals surface area contributed by atoms with Crippen molar-refractivity contribution in [2.45, 2.75) is 6.54 Å². The first-order chi connectivity index (χ1) is 13.1. The zero-order chi connectivity index (χ0) is 19.0. The van der Waals surface area contributed by atoms with Crippen molar-refractivity contribution >= 4 is 28.8 Å². The highest BCUT2D eigenvalue weighted by Crippen LogP contribution is 2.35. The maximum atomic E-state index is 6.45. The van der Waals surface area contributed by atoms with Crippen LogP contribution in [0, 0.1) is 0 Å². The van der Waals surface area contributed by atoms with Crippen molar-refractivity contribution in [3.63, 3.8) is 0 Å². The molecule has 0 bridgehead atoms. The third kappa shape index (κ3) is 3.16. The Morgan fingerprint density at radius 2 is 1.85 bits per heavy atom. The van der Waals surface area contributed by atoms with Crippen LogP contribution in [-0.2, 0) is 6.54 Å². The first-order valence-electron chi connectivity index (χ1n) is 8.41. The van der Waals surface area contributed by atoms with E-state index in [1.54, 1.807) is 13.2 Å². The molecule has 4 aromatic rings. The summed E-state index contributed by atoms with van der Waals surface area (Å²) in [6, 6.07) is 15.3. The van der Waals surface area contributed by atoms with Gasteiger partial charge >= 0.3 is 0 Å². The van der Waals surface area contributed by atoms with Gasteiger partial charge in [0.15, 0.2) is 0 Å². The molecule has 0 aliphatic heterocycles. The van der Waals surface area contributed by atoms with Gasteiger partial charge < -0.3 is 10.5 Å². The molecule has 2 aromatic carbocycles. The second-order valence-corrected chi connectivity index (χ2v) is 6.96. The summed E-state index contributed by atoms with van der Waals surface area (Å²) in [5, 5.41) is 1.17. The predicted molar refractivity (Wildman–Crippen MR) is 111 cm³/mol. The highest BCUT2D eigenvalue weighted by Gasteiger charge is 2.15. The molecule has 2 aromatic heterocycles. The lowest BCUT2D eigenvalue weighted by atomic mass is 10.0. The number of fused-ring (bicyclic) bond motifs is 1. The SMILES string of the molecule is COc1ccccc1-c1cnc2cc(CN)c(-c3ccc(Cl)cc3Cl)cn12. The van der Waals surface area contributed by atoms with Crippen LogP contribution in [0.25, 0.3) is 28.0 Å². The number of imidazole rings is 1. The molecule has 0 fully saturated rings. The lowest BCUT2D eigenvalue weighted by Crippen LogP contribution is -2.02. The molecule has 2 heterocycles. The number of hydrogen-bond acceptors (Lipinski definition) is 3. The fraction of sp³-hybridized carbons (Fsp3) is 0.0952. The quantitative estimate of drug-likeness (QED) is 0.498. The summed E-state index contributed by atoms with van der Waals surface area (Å²) in [4.78, 5) is 4.55. The first kappa shape index (κ1) is 17.9. The van der Waals surface area contributed by atoms with Crippen molar-refractivity contribution in [3.8, 4) is 28.1 Å². The number of rotatable bonds is 4. The monoisotopic (exact) mass is 397 g/mol. The molecular weight excluding hydrogens is 381 g/mol. The van der Waals surface area contributed by atoms with E-state index in [1.165, 1.54) is 0 Å².